The number of fused-ring (bicyclic) bond motifs is 1. The highest BCUT2D eigenvalue weighted by molar-refractivity contribution is 6.30. The van der Waals surface area contributed by atoms with Gasteiger partial charge in [-0.15, -0.1) is 10.2 Å². The second-order valence-corrected chi connectivity index (χ2v) is 7.69. The van der Waals surface area contributed by atoms with E-state index in [1.807, 2.05) is 30.3 Å². The Bertz CT molecular complexity index is 1170. The molecule has 0 saturated carbocycles. The van der Waals surface area contributed by atoms with Gasteiger partial charge in [0, 0.05) is 41.5 Å². The number of carbonyl (C=O) groups is 1. The molecule has 30 heavy (non-hydrogen) atoms. The molecule has 2 aromatic carbocycles. The van der Waals surface area contributed by atoms with E-state index in [-0.39, 0.29) is 6.42 Å². The lowest BCUT2D eigenvalue weighted by molar-refractivity contribution is -0.137. The minimum atomic E-state index is -0.781. The second-order valence-electron chi connectivity index (χ2n) is 7.26. The monoisotopic (exact) mass is 423 g/mol. The number of nitrogens with zero attached hydrogens (tertiary/aromatic N) is 5. The van der Waals surface area contributed by atoms with E-state index in [1.165, 1.54) is 0 Å². The summed E-state index contributed by atoms with van der Waals surface area (Å²) in [6.45, 7) is 1.29. The summed E-state index contributed by atoms with van der Waals surface area (Å²) in [6, 6.07) is 16.2. The number of para-hydroxylation sites is 1. The van der Waals surface area contributed by atoms with Gasteiger partial charge in [-0.05, 0) is 47.4 Å². The van der Waals surface area contributed by atoms with Crippen molar-refractivity contribution in [2.24, 2.45) is 0 Å². The van der Waals surface area contributed by atoms with Crippen molar-refractivity contribution >= 4 is 28.5 Å². The molecular formula is C22H22ClN5O2. The third kappa shape index (κ3) is 4.86. The Balaban J connectivity index is 1.50. The van der Waals surface area contributed by atoms with E-state index in [1.54, 1.807) is 4.80 Å². The number of aryl methyl sites for hydroxylation is 1. The molecule has 8 heteroatoms. The number of halogens is 1. The summed E-state index contributed by atoms with van der Waals surface area (Å²) < 4.78 is 2.21. The van der Waals surface area contributed by atoms with Crippen LogP contribution in [0.1, 0.15) is 36.2 Å². The first-order chi connectivity index (χ1) is 14.6. The van der Waals surface area contributed by atoms with Crippen molar-refractivity contribution in [3.63, 3.8) is 0 Å². The predicted molar refractivity (Wildman–Crippen MR) is 115 cm³/mol. The van der Waals surface area contributed by atoms with Gasteiger partial charge in [0.25, 0.3) is 0 Å². The predicted octanol–water partition coefficient (Wildman–Crippen LogP) is 4.18. The highest BCUT2D eigenvalue weighted by atomic mass is 35.5. The SMILES string of the molecule is O=C(O)CCCCn1nnc(Cc2cn(Cc3cccc(Cl)c3)c3ccccc23)n1. The number of carboxylic acid groups (broad SMARTS) is 1. The first-order valence-corrected chi connectivity index (χ1v) is 10.3. The molecule has 1 N–H and O–H groups in total. The molecule has 0 saturated heterocycles. The third-order valence-corrected chi connectivity index (χ3v) is 5.19. The number of rotatable bonds is 9. The van der Waals surface area contributed by atoms with Crippen molar-refractivity contribution in [1.82, 2.24) is 24.8 Å². The van der Waals surface area contributed by atoms with Crippen molar-refractivity contribution in [3.05, 3.63) is 76.7 Å². The van der Waals surface area contributed by atoms with Crippen molar-refractivity contribution in [2.45, 2.75) is 38.8 Å². The fourth-order valence-corrected chi connectivity index (χ4v) is 3.78. The Hall–Kier alpha value is -3.19. The van der Waals surface area contributed by atoms with Crippen molar-refractivity contribution in [3.8, 4) is 0 Å². The number of aromatic nitrogens is 5. The van der Waals surface area contributed by atoms with Crippen molar-refractivity contribution in [1.29, 1.82) is 0 Å². The van der Waals surface area contributed by atoms with E-state index in [2.05, 4.69) is 44.4 Å². The summed E-state index contributed by atoms with van der Waals surface area (Å²) in [5.41, 5.74) is 3.42. The van der Waals surface area contributed by atoms with Gasteiger partial charge >= 0.3 is 5.97 Å². The lowest BCUT2D eigenvalue weighted by Crippen LogP contribution is -2.04. The van der Waals surface area contributed by atoms with Crippen LogP contribution in [0.3, 0.4) is 0 Å². The zero-order valence-corrected chi connectivity index (χ0v) is 17.2. The first-order valence-electron chi connectivity index (χ1n) is 9.88. The molecule has 4 aromatic rings. The largest absolute Gasteiger partial charge is 0.481 e. The van der Waals surface area contributed by atoms with Gasteiger partial charge in [-0.3, -0.25) is 4.79 Å². The van der Waals surface area contributed by atoms with Crippen LogP contribution in [0.4, 0.5) is 0 Å². The molecule has 0 bridgehead atoms. The number of aliphatic carboxylic acids is 1. The van der Waals surface area contributed by atoms with Gasteiger partial charge in [-0.2, -0.15) is 4.80 Å². The van der Waals surface area contributed by atoms with E-state index in [4.69, 9.17) is 16.7 Å². The van der Waals surface area contributed by atoms with Crippen LogP contribution >= 0.6 is 11.6 Å². The molecule has 0 radical (unpaired) electrons. The quantitative estimate of drug-likeness (QED) is 0.408. The van der Waals surface area contributed by atoms with E-state index in [0.29, 0.717) is 31.6 Å². The zero-order valence-electron chi connectivity index (χ0n) is 16.4. The van der Waals surface area contributed by atoms with E-state index in [9.17, 15) is 4.79 Å². The van der Waals surface area contributed by atoms with Crippen LogP contribution in [0.5, 0.6) is 0 Å². The average Bonchev–Trinajstić information content (AvgIpc) is 3.31. The zero-order chi connectivity index (χ0) is 20.9. The lowest BCUT2D eigenvalue weighted by atomic mass is 10.1. The highest BCUT2D eigenvalue weighted by Crippen LogP contribution is 2.24. The van der Waals surface area contributed by atoms with Gasteiger partial charge in [-0.1, -0.05) is 41.9 Å². The lowest BCUT2D eigenvalue weighted by Gasteiger charge is -2.06. The summed E-state index contributed by atoms with van der Waals surface area (Å²) in [7, 11) is 0. The molecule has 2 aromatic heterocycles. The minimum absolute atomic E-state index is 0.160. The van der Waals surface area contributed by atoms with Gasteiger partial charge in [0.1, 0.15) is 0 Å². The number of unbranched alkanes of at least 4 members (excludes halogenated alkanes) is 1. The van der Waals surface area contributed by atoms with Crippen molar-refractivity contribution in [2.75, 3.05) is 0 Å². The molecule has 0 amide bonds. The number of hydrogen-bond acceptors (Lipinski definition) is 4. The summed E-state index contributed by atoms with van der Waals surface area (Å²) in [4.78, 5) is 12.1. The van der Waals surface area contributed by atoms with Crippen LogP contribution in [0, 0.1) is 0 Å². The Kier molecular flexibility index (Phi) is 6.09. The Morgan fingerprint density at radius 1 is 1.10 bits per heavy atom. The summed E-state index contributed by atoms with van der Waals surface area (Å²) in [5, 5.41) is 23.3. The van der Waals surface area contributed by atoms with Crippen molar-refractivity contribution < 1.29 is 9.90 Å². The second kappa shape index (κ2) is 9.09. The molecule has 154 valence electrons. The number of benzene rings is 2. The van der Waals surface area contributed by atoms with Crippen LogP contribution in [-0.4, -0.2) is 35.9 Å². The van der Waals surface area contributed by atoms with Gasteiger partial charge in [0.05, 0.1) is 6.54 Å². The van der Waals surface area contributed by atoms with E-state index >= 15 is 0 Å². The summed E-state index contributed by atoms with van der Waals surface area (Å²) in [6.07, 6.45) is 4.19. The van der Waals surface area contributed by atoms with Gasteiger partial charge in [-0.25, -0.2) is 0 Å². The van der Waals surface area contributed by atoms with Crippen LogP contribution < -0.4 is 0 Å². The van der Waals surface area contributed by atoms with Crippen LogP contribution in [0.2, 0.25) is 5.02 Å². The molecule has 4 rings (SSSR count). The Morgan fingerprint density at radius 2 is 1.97 bits per heavy atom. The van der Waals surface area contributed by atoms with Gasteiger partial charge in [0.2, 0.25) is 0 Å². The Morgan fingerprint density at radius 3 is 2.80 bits per heavy atom. The smallest absolute Gasteiger partial charge is 0.303 e. The van der Waals surface area contributed by atoms with Gasteiger partial charge < -0.3 is 9.67 Å². The Labute approximate surface area is 178 Å². The molecule has 2 heterocycles. The fraction of sp³-hybridized carbons (Fsp3) is 0.273. The summed E-state index contributed by atoms with van der Waals surface area (Å²) >= 11 is 6.14. The number of carboxylic acids is 1. The van der Waals surface area contributed by atoms with Crippen LogP contribution in [0.15, 0.2) is 54.7 Å². The maximum absolute atomic E-state index is 10.6. The minimum Gasteiger partial charge on any atom is -0.481 e. The first kappa shape index (κ1) is 20.1. The van der Waals surface area contributed by atoms with Gasteiger partial charge in [0.15, 0.2) is 5.82 Å². The number of hydrogen-bond donors (Lipinski definition) is 1. The maximum atomic E-state index is 10.6. The molecule has 0 aliphatic heterocycles. The molecule has 7 nitrogen and oxygen atoms in total. The molecular weight excluding hydrogens is 402 g/mol. The standard InChI is InChI=1S/C22H22ClN5O2/c23-18-7-5-6-16(12-18)14-27-15-17(19-8-1-2-9-20(19)27)13-21-24-26-28(25-21)11-4-3-10-22(29)30/h1-2,5-9,12,15H,3-4,10-11,13-14H2,(H,29,30). The molecule has 0 atom stereocenters. The third-order valence-electron chi connectivity index (χ3n) is 4.95. The molecule has 0 unspecified atom stereocenters. The average molecular weight is 424 g/mol. The highest BCUT2D eigenvalue weighted by Gasteiger charge is 2.12. The molecule has 0 spiro atoms. The topological polar surface area (TPSA) is 85.8 Å². The molecule has 0 fully saturated rings. The summed E-state index contributed by atoms with van der Waals surface area (Å²) in [5.74, 6) is -0.129. The van der Waals surface area contributed by atoms with Crippen LogP contribution in [-0.2, 0) is 24.3 Å². The van der Waals surface area contributed by atoms with E-state index < -0.39 is 5.97 Å². The number of tetrazole rings is 1. The van der Waals surface area contributed by atoms with Crippen LogP contribution in [0.25, 0.3) is 10.9 Å². The molecule has 0 aliphatic rings. The molecule has 0 aliphatic carbocycles. The fourth-order valence-electron chi connectivity index (χ4n) is 3.57. The normalized spacial score (nSPS) is 11.2. The van der Waals surface area contributed by atoms with E-state index in [0.717, 1.165) is 33.6 Å². The maximum Gasteiger partial charge on any atom is 0.303 e.